The van der Waals surface area contributed by atoms with Crippen LogP contribution in [0.4, 0.5) is 4.39 Å². The molecule has 2 atom stereocenters. The summed E-state index contributed by atoms with van der Waals surface area (Å²) in [5, 5.41) is 6.35. The number of nitrogens with zero attached hydrogens (tertiary/aromatic N) is 1. The third kappa shape index (κ3) is 5.27. The van der Waals surface area contributed by atoms with Crippen molar-refractivity contribution >= 4 is 15.9 Å². The van der Waals surface area contributed by atoms with E-state index in [0.29, 0.717) is 31.8 Å². The molecule has 2 unspecified atom stereocenters. The second-order valence-corrected chi connectivity index (χ2v) is 9.39. The van der Waals surface area contributed by atoms with Crippen LogP contribution in [0.3, 0.4) is 0 Å². The van der Waals surface area contributed by atoms with Gasteiger partial charge in [0, 0.05) is 19.6 Å². The molecule has 3 rings (SSSR count). The first-order chi connectivity index (χ1) is 13.0. The Balaban J connectivity index is 1.53. The van der Waals surface area contributed by atoms with Gasteiger partial charge in [-0.2, -0.15) is 4.31 Å². The summed E-state index contributed by atoms with van der Waals surface area (Å²) in [6.07, 6.45) is 4.65. The standard InChI is InChI=1S/C19H28FN3O3S/c20-17-5-7-18(8-6-17)27(25,26)23-12-2-4-16(14-23)19(24)22-11-9-15-3-1-10-21-13-15/h5-8,15-16,21H,1-4,9-14H2,(H,22,24). The summed E-state index contributed by atoms with van der Waals surface area (Å²) < 4.78 is 39.9. The Kier molecular flexibility index (Phi) is 6.83. The van der Waals surface area contributed by atoms with Gasteiger partial charge >= 0.3 is 0 Å². The van der Waals surface area contributed by atoms with E-state index in [9.17, 15) is 17.6 Å². The zero-order valence-electron chi connectivity index (χ0n) is 15.5. The van der Waals surface area contributed by atoms with Crippen molar-refractivity contribution in [3.8, 4) is 0 Å². The van der Waals surface area contributed by atoms with E-state index in [0.717, 1.165) is 31.6 Å². The van der Waals surface area contributed by atoms with Gasteiger partial charge in [-0.1, -0.05) is 0 Å². The van der Waals surface area contributed by atoms with Crippen LogP contribution in [0.1, 0.15) is 32.1 Å². The molecule has 1 amide bonds. The Morgan fingerprint density at radius 2 is 2.00 bits per heavy atom. The fraction of sp³-hybridized carbons (Fsp3) is 0.632. The van der Waals surface area contributed by atoms with Crippen LogP contribution in [0.5, 0.6) is 0 Å². The lowest BCUT2D eigenvalue weighted by Gasteiger charge is -2.31. The molecule has 150 valence electrons. The van der Waals surface area contributed by atoms with Crippen molar-refractivity contribution in [3.63, 3.8) is 0 Å². The highest BCUT2D eigenvalue weighted by atomic mass is 32.2. The third-order valence-electron chi connectivity index (χ3n) is 5.46. The predicted molar refractivity (Wildman–Crippen MR) is 101 cm³/mol. The van der Waals surface area contributed by atoms with Crippen molar-refractivity contribution in [2.75, 3.05) is 32.7 Å². The quantitative estimate of drug-likeness (QED) is 0.766. The van der Waals surface area contributed by atoms with Crippen molar-refractivity contribution < 1.29 is 17.6 Å². The molecule has 0 spiro atoms. The predicted octanol–water partition coefficient (Wildman–Crippen LogP) is 1.73. The summed E-state index contributed by atoms with van der Waals surface area (Å²) in [6.45, 7) is 3.27. The van der Waals surface area contributed by atoms with Gasteiger partial charge in [0.2, 0.25) is 15.9 Å². The average Bonchev–Trinajstić information content (AvgIpc) is 2.69. The molecule has 0 bridgehead atoms. The van der Waals surface area contributed by atoms with Crippen molar-refractivity contribution in [1.82, 2.24) is 14.9 Å². The fourth-order valence-electron chi connectivity index (χ4n) is 3.84. The number of hydrogen-bond donors (Lipinski definition) is 2. The van der Waals surface area contributed by atoms with E-state index in [1.165, 1.54) is 29.3 Å². The van der Waals surface area contributed by atoms with Gasteiger partial charge in [0.25, 0.3) is 0 Å². The van der Waals surface area contributed by atoms with Crippen LogP contribution in [0.2, 0.25) is 0 Å². The van der Waals surface area contributed by atoms with Crippen LogP contribution < -0.4 is 10.6 Å². The summed E-state index contributed by atoms with van der Waals surface area (Å²) in [4.78, 5) is 12.6. The van der Waals surface area contributed by atoms with Gasteiger partial charge in [0.15, 0.2) is 0 Å². The van der Waals surface area contributed by atoms with E-state index < -0.39 is 15.8 Å². The van der Waals surface area contributed by atoms with Gasteiger partial charge in [0.1, 0.15) is 5.82 Å². The number of halogens is 1. The second-order valence-electron chi connectivity index (χ2n) is 7.45. The van der Waals surface area contributed by atoms with Crippen molar-refractivity contribution in [2.24, 2.45) is 11.8 Å². The number of rotatable bonds is 6. The molecule has 2 fully saturated rings. The van der Waals surface area contributed by atoms with Gasteiger partial charge < -0.3 is 10.6 Å². The second kappa shape index (κ2) is 9.12. The number of amides is 1. The molecule has 0 aliphatic carbocycles. The lowest BCUT2D eigenvalue weighted by molar-refractivity contribution is -0.126. The highest BCUT2D eigenvalue weighted by molar-refractivity contribution is 7.89. The Morgan fingerprint density at radius 1 is 1.22 bits per heavy atom. The number of carbonyl (C=O) groups excluding carboxylic acids is 1. The minimum absolute atomic E-state index is 0.0646. The molecule has 0 radical (unpaired) electrons. The lowest BCUT2D eigenvalue weighted by atomic mass is 9.95. The minimum Gasteiger partial charge on any atom is -0.356 e. The van der Waals surface area contributed by atoms with Crippen molar-refractivity contribution in [1.29, 1.82) is 0 Å². The molecule has 6 nitrogen and oxygen atoms in total. The normalized spacial score (nSPS) is 24.5. The number of sulfonamides is 1. The Labute approximate surface area is 160 Å². The monoisotopic (exact) mass is 397 g/mol. The average molecular weight is 398 g/mol. The first-order valence-corrected chi connectivity index (χ1v) is 11.1. The molecule has 0 saturated carbocycles. The summed E-state index contributed by atoms with van der Waals surface area (Å²) >= 11 is 0. The molecule has 2 saturated heterocycles. The summed E-state index contributed by atoms with van der Waals surface area (Å²) in [5.41, 5.74) is 0. The van der Waals surface area contributed by atoms with Crippen LogP contribution in [0.15, 0.2) is 29.2 Å². The number of hydrogen-bond acceptors (Lipinski definition) is 4. The molecule has 2 heterocycles. The van der Waals surface area contributed by atoms with Crippen LogP contribution in [-0.4, -0.2) is 51.4 Å². The van der Waals surface area contributed by atoms with Gasteiger partial charge in [-0.25, -0.2) is 12.8 Å². The maximum absolute atomic E-state index is 13.1. The number of benzene rings is 1. The topological polar surface area (TPSA) is 78.5 Å². The Morgan fingerprint density at radius 3 is 2.70 bits per heavy atom. The van der Waals surface area contributed by atoms with Crippen LogP contribution in [-0.2, 0) is 14.8 Å². The number of nitrogens with one attached hydrogen (secondary N) is 2. The molecule has 1 aromatic rings. The lowest BCUT2D eigenvalue weighted by Crippen LogP contribution is -2.45. The molecule has 2 aliphatic rings. The van der Waals surface area contributed by atoms with Crippen LogP contribution in [0, 0.1) is 17.7 Å². The van der Waals surface area contributed by atoms with Crippen LogP contribution in [0.25, 0.3) is 0 Å². The maximum Gasteiger partial charge on any atom is 0.243 e. The first-order valence-electron chi connectivity index (χ1n) is 9.71. The summed E-state index contributed by atoms with van der Waals surface area (Å²) in [7, 11) is -3.70. The number of piperidine rings is 2. The van der Waals surface area contributed by atoms with Gasteiger partial charge in [-0.15, -0.1) is 0 Å². The number of carbonyl (C=O) groups is 1. The molecule has 0 aromatic heterocycles. The van der Waals surface area contributed by atoms with E-state index in [1.54, 1.807) is 0 Å². The Hall–Kier alpha value is -1.51. The first kappa shape index (κ1) is 20.2. The zero-order chi connectivity index (χ0) is 19.3. The molecule has 1 aromatic carbocycles. The van der Waals surface area contributed by atoms with Crippen molar-refractivity contribution in [3.05, 3.63) is 30.1 Å². The maximum atomic E-state index is 13.1. The SMILES string of the molecule is O=C(NCCC1CCCNC1)C1CCCN(S(=O)(=O)c2ccc(F)cc2)C1. The van der Waals surface area contributed by atoms with E-state index in [-0.39, 0.29) is 23.3 Å². The van der Waals surface area contributed by atoms with E-state index in [1.807, 2.05) is 0 Å². The molecule has 2 N–H and O–H groups in total. The van der Waals surface area contributed by atoms with E-state index >= 15 is 0 Å². The van der Waals surface area contributed by atoms with Gasteiger partial charge in [0.05, 0.1) is 10.8 Å². The zero-order valence-corrected chi connectivity index (χ0v) is 16.3. The highest BCUT2D eigenvalue weighted by Gasteiger charge is 2.33. The molecular formula is C19H28FN3O3S. The molecule has 2 aliphatic heterocycles. The minimum atomic E-state index is -3.70. The molecule has 8 heteroatoms. The molecule has 27 heavy (non-hydrogen) atoms. The smallest absolute Gasteiger partial charge is 0.243 e. The summed E-state index contributed by atoms with van der Waals surface area (Å²) in [6, 6.07) is 4.82. The van der Waals surface area contributed by atoms with Crippen LogP contribution >= 0.6 is 0 Å². The van der Waals surface area contributed by atoms with E-state index in [2.05, 4.69) is 10.6 Å². The fourth-order valence-corrected chi connectivity index (χ4v) is 5.37. The van der Waals surface area contributed by atoms with Gasteiger partial charge in [-0.05, 0) is 75.4 Å². The molecular weight excluding hydrogens is 369 g/mol. The summed E-state index contributed by atoms with van der Waals surface area (Å²) in [5.74, 6) is -0.282. The van der Waals surface area contributed by atoms with Crippen molar-refractivity contribution in [2.45, 2.75) is 37.0 Å². The third-order valence-corrected chi connectivity index (χ3v) is 7.34. The highest BCUT2D eigenvalue weighted by Crippen LogP contribution is 2.24. The van der Waals surface area contributed by atoms with Gasteiger partial charge in [-0.3, -0.25) is 4.79 Å². The largest absolute Gasteiger partial charge is 0.356 e. The Bertz CT molecular complexity index is 733. The van der Waals surface area contributed by atoms with E-state index in [4.69, 9.17) is 0 Å².